The smallest absolute Gasteiger partial charge is 0.410 e. The first kappa shape index (κ1) is 15.6. The molecule has 1 N–H and O–H groups in total. The Kier molecular flexibility index (Phi) is 4.40. The summed E-state index contributed by atoms with van der Waals surface area (Å²) in [6.45, 7) is 5.76. The summed E-state index contributed by atoms with van der Waals surface area (Å²) < 4.78 is 19.1. The highest BCUT2D eigenvalue weighted by Crippen LogP contribution is 2.34. The Bertz CT molecular complexity index is 495. The predicted octanol–water partition coefficient (Wildman–Crippen LogP) is 3.80. The van der Waals surface area contributed by atoms with Gasteiger partial charge in [0.25, 0.3) is 0 Å². The summed E-state index contributed by atoms with van der Waals surface area (Å²) in [5.74, 6) is 0.148. The Morgan fingerprint density at radius 1 is 1.33 bits per heavy atom. The van der Waals surface area contributed by atoms with Crippen LogP contribution in [0.25, 0.3) is 0 Å². The number of hydrogen-bond acceptors (Lipinski definition) is 3. The molecule has 2 unspecified atom stereocenters. The number of phenolic OH excluding ortho intramolecular Hbond substituents is 1. The monoisotopic (exact) mass is 295 g/mol. The van der Waals surface area contributed by atoms with E-state index in [2.05, 4.69) is 0 Å². The van der Waals surface area contributed by atoms with Gasteiger partial charge in [-0.05, 0) is 44.9 Å². The number of carbonyl (C=O) groups is 1. The summed E-state index contributed by atoms with van der Waals surface area (Å²) in [5.41, 5.74) is 0.226. The van der Waals surface area contributed by atoms with Crippen molar-refractivity contribution in [3.63, 3.8) is 0 Å². The molecule has 21 heavy (non-hydrogen) atoms. The van der Waals surface area contributed by atoms with Gasteiger partial charge in [0.15, 0.2) is 0 Å². The Morgan fingerprint density at radius 2 is 1.95 bits per heavy atom. The van der Waals surface area contributed by atoms with E-state index in [1.54, 1.807) is 29.2 Å². The van der Waals surface area contributed by atoms with Crippen molar-refractivity contribution in [2.75, 3.05) is 6.54 Å². The van der Waals surface area contributed by atoms with Crippen molar-refractivity contribution in [3.8, 4) is 5.75 Å². The molecule has 0 saturated carbocycles. The molecule has 1 aromatic carbocycles. The number of ether oxygens (including phenoxy) is 1. The van der Waals surface area contributed by atoms with Crippen LogP contribution in [0.3, 0.4) is 0 Å². The minimum Gasteiger partial charge on any atom is -0.508 e. The van der Waals surface area contributed by atoms with Gasteiger partial charge in [-0.25, -0.2) is 9.18 Å². The zero-order valence-electron chi connectivity index (χ0n) is 12.7. The van der Waals surface area contributed by atoms with Crippen molar-refractivity contribution in [1.29, 1.82) is 0 Å². The molecule has 0 bridgehead atoms. The molecule has 1 amide bonds. The van der Waals surface area contributed by atoms with Crippen molar-refractivity contribution in [2.45, 2.75) is 51.4 Å². The predicted molar refractivity (Wildman–Crippen MR) is 77.9 cm³/mol. The number of rotatable bonds is 1. The van der Waals surface area contributed by atoms with Crippen LogP contribution in [0.2, 0.25) is 0 Å². The van der Waals surface area contributed by atoms with Gasteiger partial charge in [0, 0.05) is 13.0 Å². The first-order valence-electron chi connectivity index (χ1n) is 7.19. The molecule has 1 aliphatic rings. The number of phenols is 1. The number of likely N-dealkylation sites (tertiary alicyclic amines) is 1. The van der Waals surface area contributed by atoms with E-state index in [0.29, 0.717) is 13.0 Å². The fourth-order valence-electron chi connectivity index (χ4n) is 2.47. The number of benzene rings is 1. The maximum atomic E-state index is 13.7. The standard InChI is InChI=1S/C16H22FNO3/c1-16(2,3)21-15(20)18-9-8-12(17)10-14(18)11-4-6-13(19)7-5-11/h4-7,12,14,19H,8-10H2,1-3H3. The van der Waals surface area contributed by atoms with E-state index in [1.807, 2.05) is 20.8 Å². The van der Waals surface area contributed by atoms with Gasteiger partial charge in [0.1, 0.15) is 17.5 Å². The molecule has 0 aliphatic carbocycles. The molecule has 5 heteroatoms. The second-order valence-electron chi connectivity index (χ2n) is 6.40. The molecular weight excluding hydrogens is 273 g/mol. The van der Waals surface area contributed by atoms with E-state index < -0.39 is 17.9 Å². The quantitative estimate of drug-likeness (QED) is 0.857. The summed E-state index contributed by atoms with van der Waals surface area (Å²) >= 11 is 0. The lowest BCUT2D eigenvalue weighted by Crippen LogP contribution is -2.44. The molecule has 2 rings (SSSR count). The topological polar surface area (TPSA) is 49.8 Å². The molecule has 0 spiro atoms. The Balaban J connectivity index is 2.21. The zero-order chi connectivity index (χ0) is 15.6. The van der Waals surface area contributed by atoms with Gasteiger partial charge in [-0.15, -0.1) is 0 Å². The van der Waals surface area contributed by atoms with E-state index in [0.717, 1.165) is 5.56 Å². The highest BCUT2D eigenvalue weighted by atomic mass is 19.1. The molecule has 116 valence electrons. The van der Waals surface area contributed by atoms with Crippen molar-refractivity contribution >= 4 is 6.09 Å². The number of alkyl halides is 1. The van der Waals surface area contributed by atoms with Crippen molar-refractivity contribution in [1.82, 2.24) is 4.90 Å². The maximum Gasteiger partial charge on any atom is 0.410 e. The van der Waals surface area contributed by atoms with E-state index in [-0.39, 0.29) is 18.2 Å². The number of hydrogen-bond donors (Lipinski definition) is 1. The number of carbonyl (C=O) groups excluding carboxylic acids is 1. The van der Waals surface area contributed by atoms with Gasteiger partial charge in [-0.2, -0.15) is 0 Å². The fourth-order valence-corrected chi connectivity index (χ4v) is 2.47. The first-order chi connectivity index (χ1) is 9.76. The molecule has 1 heterocycles. The number of amides is 1. The second kappa shape index (κ2) is 5.92. The van der Waals surface area contributed by atoms with Crippen LogP contribution >= 0.6 is 0 Å². The van der Waals surface area contributed by atoms with Crippen molar-refractivity contribution < 1.29 is 19.0 Å². The number of nitrogens with zero attached hydrogens (tertiary/aromatic N) is 1. The molecular formula is C16H22FNO3. The van der Waals surface area contributed by atoms with Crippen molar-refractivity contribution in [3.05, 3.63) is 29.8 Å². The van der Waals surface area contributed by atoms with Crippen LogP contribution in [-0.2, 0) is 4.74 Å². The third-order valence-corrected chi connectivity index (χ3v) is 3.44. The number of aromatic hydroxyl groups is 1. The highest BCUT2D eigenvalue weighted by molar-refractivity contribution is 5.69. The maximum absolute atomic E-state index is 13.7. The Morgan fingerprint density at radius 3 is 2.52 bits per heavy atom. The van der Waals surface area contributed by atoms with Gasteiger partial charge in [-0.1, -0.05) is 12.1 Å². The molecule has 0 radical (unpaired) electrons. The Hall–Kier alpha value is -1.78. The molecule has 1 fully saturated rings. The van der Waals surface area contributed by atoms with Crippen molar-refractivity contribution in [2.24, 2.45) is 0 Å². The third-order valence-electron chi connectivity index (χ3n) is 3.44. The summed E-state index contributed by atoms with van der Waals surface area (Å²) in [5, 5.41) is 9.36. The van der Waals surface area contributed by atoms with Crippen LogP contribution in [0.5, 0.6) is 5.75 Å². The van der Waals surface area contributed by atoms with Gasteiger partial charge in [0.2, 0.25) is 0 Å². The fraction of sp³-hybridized carbons (Fsp3) is 0.562. The van der Waals surface area contributed by atoms with Crippen LogP contribution in [0.15, 0.2) is 24.3 Å². The average molecular weight is 295 g/mol. The summed E-state index contributed by atoms with van der Waals surface area (Å²) in [6, 6.07) is 6.17. The van der Waals surface area contributed by atoms with Gasteiger partial charge in [0.05, 0.1) is 6.04 Å². The number of halogens is 1. The van der Waals surface area contributed by atoms with Crippen LogP contribution < -0.4 is 0 Å². The van der Waals surface area contributed by atoms with Gasteiger partial charge in [-0.3, -0.25) is 0 Å². The molecule has 4 nitrogen and oxygen atoms in total. The highest BCUT2D eigenvalue weighted by Gasteiger charge is 2.35. The van der Waals surface area contributed by atoms with Crippen LogP contribution in [0, 0.1) is 0 Å². The van der Waals surface area contributed by atoms with Crippen LogP contribution in [0.4, 0.5) is 9.18 Å². The number of piperidine rings is 1. The molecule has 2 atom stereocenters. The lowest BCUT2D eigenvalue weighted by molar-refractivity contribution is 0.00165. The van der Waals surface area contributed by atoms with E-state index >= 15 is 0 Å². The molecule has 0 aromatic heterocycles. The zero-order valence-corrected chi connectivity index (χ0v) is 12.7. The third kappa shape index (κ3) is 4.09. The van der Waals surface area contributed by atoms with E-state index in [9.17, 15) is 14.3 Å². The largest absolute Gasteiger partial charge is 0.508 e. The van der Waals surface area contributed by atoms with E-state index in [4.69, 9.17) is 4.74 Å². The SMILES string of the molecule is CC(C)(C)OC(=O)N1CCC(F)CC1c1ccc(O)cc1. The summed E-state index contributed by atoms with van der Waals surface area (Å²) in [6.07, 6.45) is -0.771. The minimum atomic E-state index is -0.928. The van der Waals surface area contributed by atoms with Gasteiger partial charge < -0.3 is 14.7 Å². The normalized spacial score (nSPS) is 23.0. The summed E-state index contributed by atoms with van der Waals surface area (Å²) in [4.78, 5) is 13.9. The average Bonchev–Trinajstić information content (AvgIpc) is 2.37. The molecule has 1 aromatic rings. The van der Waals surface area contributed by atoms with E-state index in [1.165, 1.54) is 0 Å². The van der Waals surface area contributed by atoms with Gasteiger partial charge >= 0.3 is 6.09 Å². The van der Waals surface area contributed by atoms with Crippen LogP contribution in [0.1, 0.15) is 45.2 Å². The first-order valence-corrected chi connectivity index (χ1v) is 7.19. The molecule has 1 saturated heterocycles. The van der Waals surface area contributed by atoms with Crippen LogP contribution in [-0.4, -0.2) is 34.4 Å². The Labute approximate surface area is 124 Å². The minimum absolute atomic E-state index is 0.148. The summed E-state index contributed by atoms with van der Waals surface area (Å²) in [7, 11) is 0. The molecule has 1 aliphatic heterocycles. The second-order valence-corrected chi connectivity index (χ2v) is 6.40. The lowest BCUT2D eigenvalue weighted by Gasteiger charge is -2.38. The lowest BCUT2D eigenvalue weighted by atomic mass is 9.94.